The number of aromatic nitrogens is 1. The summed E-state index contributed by atoms with van der Waals surface area (Å²) < 4.78 is 1.54. The number of anilines is 1. The molecule has 0 aliphatic rings. The number of nitrogen functional groups attached to an aromatic ring is 1. The van der Waals surface area contributed by atoms with Gasteiger partial charge in [0.05, 0.1) is 5.52 Å². The van der Waals surface area contributed by atoms with Gasteiger partial charge in [-0.15, -0.1) is 0 Å². The van der Waals surface area contributed by atoms with Crippen molar-refractivity contribution in [2.75, 3.05) is 5.73 Å². The number of carbonyl (C=O) groups excluding carboxylic acids is 1. The molecule has 1 heterocycles. The molecule has 2 aromatic rings. The summed E-state index contributed by atoms with van der Waals surface area (Å²) in [5.74, 6) is 0. The maximum absolute atomic E-state index is 10.7. The van der Waals surface area contributed by atoms with Gasteiger partial charge in [-0.3, -0.25) is 9.36 Å². The Balaban J connectivity index is 2.89. The molecular formula is C10H10N2O. The van der Waals surface area contributed by atoms with E-state index >= 15 is 0 Å². The highest BCUT2D eigenvalue weighted by atomic mass is 16.1. The fourth-order valence-electron chi connectivity index (χ4n) is 1.53. The molecular weight excluding hydrogens is 164 g/mol. The Kier molecular flexibility index (Phi) is 1.59. The predicted molar refractivity (Wildman–Crippen MR) is 53.2 cm³/mol. The largest absolute Gasteiger partial charge is 0.399 e. The summed E-state index contributed by atoms with van der Waals surface area (Å²) in [7, 11) is 0. The SMILES string of the molecule is Cc1cn(C=O)c2cc(N)ccc12. The molecule has 0 saturated heterocycles. The van der Waals surface area contributed by atoms with Crippen LogP contribution in [0.3, 0.4) is 0 Å². The highest BCUT2D eigenvalue weighted by Gasteiger charge is 2.03. The average Bonchev–Trinajstić information content (AvgIpc) is 2.42. The number of hydrogen-bond donors (Lipinski definition) is 1. The third kappa shape index (κ3) is 1.09. The molecule has 0 atom stereocenters. The minimum Gasteiger partial charge on any atom is -0.399 e. The van der Waals surface area contributed by atoms with E-state index in [1.165, 1.54) is 0 Å². The molecule has 0 unspecified atom stereocenters. The summed E-state index contributed by atoms with van der Waals surface area (Å²) in [6, 6.07) is 5.57. The number of nitrogens with two attached hydrogens (primary N) is 1. The molecule has 13 heavy (non-hydrogen) atoms. The van der Waals surface area contributed by atoms with Gasteiger partial charge in [0.1, 0.15) is 0 Å². The van der Waals surface area contributed by atoms with Crippen LogP contribution in [0.2, 0.25) is 0 Å². The van der Waals surface area contributed by atoms with Crippen LogP contribution < -0.4 is 5.73 Å². The van der Waals surface area contributed by atoms with E-state index in [4.69, 9.17) is 5.73 Å². The second-order valence-electron chi connectivity index (χ2n) is 3.10. The van der Waals surface area contributed by atoms with Crippen LogP contribution in [-0.2, 0) is 4.79 Å². The molecule has 0 fully saturated rings. The average molecular weight is 174 g/mol. The second-order valence-corrected chi connectivity index (χ2v) is 3.10. The molecule has 3 nitrogen and oxygen atoms in total. The van der Waals surface area contributed by atoms with E-state index in [0.29, 0.717) is 5.69 Å². The zero-order chi connectivity index (χ0) is 9.42. The molecule has 0 amide bonds. The Morgan fingerprint density at radius 3 is 2.92 bits per heavy atom. The number of carbonyl (C=O) groups is 1. The van der Waals surface area contributed by atoms with E-state index in [2.05, 4.69) is 0 Å². The third-order valence-electron chi connectivity index (χ3n) is 2.17. The molecule has 0 saturated carbocycles. The van der Waals surface area contributed by atoms with Crippen LogP contribution in [-0.4, -0.2) is 11.0 Å². The van der Waals surface area contributed by atoms with Crippen molar-refractivity contribution in [3.8, 4) is 0 Å². The summed E-state index contributed by atoms with van der Waals surface area (Å²) >= 11 is 0. The zero-order valence-corrected chi connectivity index (χ0v) is 7.32. The summed E-state index contributed by atoms with van der Waals surface area (Å²) in [4.78, 5) is 10.7. The molecule has 2 rings (SSSR count). The van der Waals surface area contributed by atoms with E-state index in [1.807, 2.05) is 19.1 Å². The maximum atomic E-state index is 10.7. The van der Waals surface area contributed by atoms with E-state index in [-0.39, 0.29) is 0 Å². The van der Waals surface area contributed by atoms with Crippen LogP contribution in [0.15, 0.2) is 24.4 Å². The molecule has 2 N–H and O–H groups in total. The van der Waals surface area contributed by atoms with Gasteiger partial charge in [-0.25, -0.2) is 0 Å². The van der Waals surface area contributed by atoms with Gasteiger partial charge in [0.25, 0.3) is 0 Å². The lowest BCUT2D eigenvalue weighted by Crippen LogP contribution is -1.92. The van der Waals surface area contributed by atoms with Crippen molar-refractivity contribution in [1.29, 1.82) is 0 Å². The van der Waals surface area contributed by atoms with Crippen LogP contribution >= 0.6 is 0 Å². The third-order valence-corrected chi connectivity index (χ3v) is 2.17. The summed E-state index contributed by atoms with van der Waals surface area (Å²) in [6.07, 6.45) is 2.59. The monoisotopic (exact) mass is 174 g/mol. The second kappa shape index (κ2) is 2.62. The maximum Gasteiger partial charge on any atom is 0.218 e. The first-order valence-corrected chi connectivity index (χ1v) is 4.04. The fraction of sp³-hybridized carbons (Fsp3) is 0.100. The van der Waals surface area contributed by atoms with Gasteiger partial charge in [0.15, 0.2) is 0 Å². The highest BCUT2D eigenvalue weighted by Crippen LogP contribution is 2.21. The van der Waals surface area contributed by atoms with Crippen LogP contribution in [0.1, 0.15) is 5.56 Å². The molecule has 0 aliphatic carbocycles. The zero-order valence-electron chi connectivity index (χ0n) is 7.32. The standard InChI is InChI=1S/C10H10N2O/c1-7-5-12(6-13)10-4-8(11)2-3-9(7)10/h2-6H,11H2,1H3. The lowest BCUT2D eigenvalue weighted by molar-refractivity contribution is 0.549. The number of fused-ring (bicyclic) bond motifs is 1. The Labute approximate surface area is 75.8 Å². The van der Waals surface area contributed by atoms with Crippen molar-refractivity contribution in [2.24, 2.45) is 0 Å². The van der Waals surface area contributed by atoms with Crippen molar-refractivity contribution >= 4 is 23.0 Å². The van der Waals surface area contributed by atoms with Gasteiger partial charge in [-0.1, -0.05) is 6.07 Å². The summed E-state index contributed by atoms with van der Waals surface area (Å²) in [6.45, 7) is 1.97. The number of nitrogens with zero attached hydrogens (tertiary/aromatic N) is 1. The van der Waals surface area contributed by atoms with Gasteiger partial charge in [-0.05, 0) is 24.6 Å². The normalized spacial score (nSPS) is 10.5. The molecule has 66 valence electrons. The Hall–Kier alpha value is -1.77. The van der Waals surface area contributed by atoms with Crippen LogP contribution in [0.5, 0.6) is 0 Å². The highest BCUT2D eigenvalue weighted by molar-refractivity contribution is 5.90. The number of aryl methyl sites for hydroxylation is 1. The summed E-state index contributed by atoms with van der Waals surface area (Å²) in [5, 5.41) is 1.07. The van der Waals surface area contributed by atoms with Crippen molar-refractivity contribution in [3.05, 3.63) is 30.0 Å². The van der Waals surface area contributed by atoms with Gasteiger partial charge in [-0.2, -0.15) is 0 Å². The topological polar surface area (TPSA) is 48.0 Å². The number of hydrogen-bond acceptors (Lipinski definition) is 2. The number of benzene rings is 1. The Morgan fingerprint density at radius 1 is 1.46 bits per heavy atom. The first-order valence-electron chi connectivity index (χ1n) is 4.04. The Bertz CT molecular complexity index is 471. The van der Waals surface area contributed by atoms with Crippen LogP contribution in [0.4, 0.5) is 5.69 Å². The van der Waals surface area contributed by atoms with Crippen molar-refractivity contribution in [3.63, 3.8) is 0 Å². The summed E-state index contributed by atoms with van der Waals surface area (Å²) in [5.41, 5.74) is 8.26. The molecule has 1 aromatic heterocycles. The number of rotatable bonds is 1. The first-order chi connectivity index (χ1) is 6.22. The van der Waals surface area contributed by atoms with Crippen molar-refractivity contribution in [1.82, 2.24) is 4.57 Å². The minimum atomic E-state index is 0.675. The molecule has 0 bridgehead atoms. The van der Waals surface area contributed by atoms with Crippen LogP contribution in [0.25, 0.3) is 10.9 Å². The van der Waals surface area contributed by atoms with Gasteiger partial charge in [0.2, 0.25) is 6.41 Å². The molecule has 3 heteroatoms. The lowest BCUT2D eigenvalue weighted by Gasteiger charge is -1.96. The van der Waals surface area contributed by atoms with Crippen molar-refractivity contribution in [2.45, 2.75) is 6.92 Å². The van der Waals surface area contributed by atoms with E-state index in [9.17, 15) is 4.79 Å². The molecule has 1 aromatic carbocycles. The molecule has 0 aliphatic heterocycles. The Morgan fingerprint density at radius 2 is 2.23 bits per heavy atom. The van der Waals surface area contributed by atoms with E-state index in [1.54, 1.807) is 16.8 Å². The van der Waals surface area contributed by atoms with E-state index < -0.39 is 0 Å². The van der Waals surface area contributed by atoms with E-state index in [0.717, 1.165) is 22.9 Å². The van der Waals surface area contributed by atoms with Crippen LogP contribution in [0, 0.1) is 6.92 Å². The lowest BCUT2D eigenvalue weighted by atomic mass is 10.2. The fourth-order valence-corrected chi connectivity index (χ4v) is 1.53. The molecule has 0 spiro atoms. The molecule has 0 radical (unpaired) electrons. The van der Waals surface area contributed by atoms with Gasteiger partial charge < -0.3 is 5.73 Å². The smallest absolute Gasteiger partial charge is 0.218 e. The predicted octanol–water partition coefficient (Wildman–Crippen LogP) is 1.57. The van der Waals surface area contributed by atoms with Gasteiger partial charge >= 0.3 is 0 Å². The first kappa shape index (κ1) is 7.86. The van der Waals surface area contributed by atoms with Gasteiger partial charge in [0, 0.05) is 17.3 Å². The quantitative estimate of drug-likeness (QED) is 0.527. The minimum absolute atomic E-state index is 0.675. The van der Waals surface area contributed by atoms with Crippen molar-refractivity contribution < 1.29 is 4.79 Å².